The van der Waals surface area contributed by atoms with E-state index in [-0.39, 0.29) is 24.0 Å². The van der Waals surface area contributed by atoms with Crippen LogP contribution >= 0.6 is 24.0 Å². The van der Waals surface area contributed by atoms with Gasteiger partial charge in [-0.25, -0.2) is 0 Å². The Hall–Kier alpha value is -0.940. The predicted octanol–water partition coefficient (Wildman–Crippen LogP) is 2.49. The van der Waals surface area contributed by atoms with Gasteiger partial charge in [-0.05, 0) is 31.5 Å². The largest absolute Gasteiger partial charge is 0.385 e. The number of ether oxygens (including phenoxy) is 3. The van der Waals surface area contributed by atoms with Crippen LogP contribution in [0.25, 0.3) is 0 Å². The number of likely N-dealkylation sites (N-methyl/N-ethyl adjacent to an activating group) is 1. The molecule has 1 aromatic carbocycles. The van der Waals surface area contributed by atoms with Crippen LogP contribution < -0.4 is 10.6 Å². The number of rotatable bonds is 15. The summed E-state index contributed by atoms with van der Waals surface area (Å²) in [7, 11) is 5.65. The third kappa shape index (κ3) is 14.6. The number of aliphatic imine (C=N–C) groups is 1. The van der Waals surface area contributed by atoms with E-state index < -0.39 is 0 Å². The lowest BCUT2D eigenvalue weighted by atomic mass is 10.1. The molecule has 0 aliphatic heterocycles. The molecule has 0 aliphatic rings. The summed E-state index contributed by atoms with van der Waals surface area (Å²) in [6.07, 6.45) is 1.05. The van der Waals surface area contributed by atoms with Crippen molar-refractivity contribution in [1.82, 2.24) is 15.5 Å². The molecule has 0 radical (unpaired) electrons. The Morgan fingerprint density at radius 1 is 1.07 bits per heavy atom. The first-order valence-electron chi connectivity index (χ1n) is 10.0. The molecule has 0 bridgehead atoms. The van der Waals surface area contributed by atoms with Gasteiger partial charge in [0.1, 0.15) is 0 Å². The Bertz CT molecular complexity index is 546. The van der Waals surface area contributed by atoms with Crippen molar-refractivity contribution in [3.8, 4) is 0 Å². The number of methoxy groups -OCH3 is 1. The van der Waals surface area contributed by atoms with Crippen molar-refractivity contribution in [3.05, 3.63) is 35.4 Å². The van der Waals surface area contributed by atoms with Gasteiger partial charge in [0.2, 0.25) is 0 Å². The molecule has 0 saturated carbocycles. The van der Waals surface area contributed by atoms with Crippen LogP contribution in [0, 0.1) is 0 Å². The zero-order valence-electron chi connectivity index (χ0n) is 18.4. The Labute approximate surface area is 193 Å². The number of benzene rings is 1. The van der Waals surface area contributed by atoms with Crippen LogP contribution in [0.2, 0.25) is 0 Å². The molecule has 0 saturated heterocycles. The van der Waals surface area contributed by atoms with E-state index >= 15 is 0 Å². The first-order chi connectivity index (χ1) is 13.7. The summed E-state index contributed by atoms with van der Waals surface area (Å²) in [5.74, 6) is 0.809. The van der Waals surface area contributed by atoms with Gasteiger partial charge >= 0.3 is 0 Å². The maximum atomic E-state index is 5.64. The van der Waals surface area contributed by atoms with Crippen molar-refractivity contribution < 1.29 is 14.2 Å². The molecule has 0 amide bonds. The van der Waals surface area contributed by atoms with Gasteiger partial charge in [-0.15, -0.1) is 24.0 Å². The van der Waals surface area contributed by atoms with E-state index in [9.17, 15) is 0 Å². The summed E-state index contributed by atoms with van der Waals surface area (Å²) in [5, 5.41) is 6.72. The van der Waals surface area contributed by atoms with Crippen molar-refractivity contribution in [2.24, 2.45) is 4.99 Å². The van der Waals surface area contributed by atoms with Crippen LogP contribution in [-0.4, -0.2) is 78.1 Å². The number of guanidine groups is 1. The molecule has 0 atom stereocenters. The maximum absolute atomic E-state index is 5.64. The number of halogens is 1. The molecule has 0 fully saturated rings. The first kappa shape index (κ1) is 28.1. The molecule has 7 nitrogen and oxygen atoms in total. The fraction of sp³-hybridized carbons (Fsp3) is 0.667. The van der Waals surface area contributed by atoms with E-state index in [1.807, 2.05) is 6.92 Å². The highest BCUT2D eigenvalue weighted by Crippen LogP contribution is 2.06. The lowest BCUT2D eigenvalue weighted by molar-refractivity contribution is 0.0453. The van der Waals surface area contributed by atoms with Crippen molar-refractivity contribution in [2.75, 3.05) is 67.3 Å². The van der Waals surface area contributed by atoms with Crippen LogP contribution in [0.4, 0.5) is 0 Å². The minimum Gasteiger partial charge on any atom is -0.385 e. The normalized spacial score (nSPS) is 11.4. The number of hydrogen-bond acceptors (Lipinski definition) is 5. The van der Waals surface area contributed by atoms with E-state index in [4.69, 9.17) is 14.2 Å². The molecule has 0 aliphatic carbocycles. The van der Waals surface area contributed by atoms with Gasteiger partial charge < -0.3 is 29.7 Å². The molecular formula is C21H39IN4O3. The average Bonchev–Trinajstić information content (AvgIpc) is 2.71. The Morgan fingerprint density at radius 2 is 1.83 bits per heavy atom. The summed E-state index contributed by atoms with van der Waals surface area (Å²) in [6, 6.07) is 8.40. The zero-order valence-corrected chi connectivity index (χ0v) is 20.7. The molecule has 168 valence electrons. The monoisotopic (exact) mass is 522 g/mol. The highest BCUT2D eigenvalue weighted by Gasteiger charge is 2.02. The van der Waals surface area contributed by atoms with Crippen molar-refractivity contribution in [2.45, 2.75) is 26.5 Å². The van der Waals surface area contributed by atoms with Crippen LogP contribution in [0.3, 0.4) is 0 Å². The van der Waals surface area contributed by atoms with Gasteiger partial charge in [-0.1, -0.05) is 24.3 Å². The first-order valence-corrected chi connectivity index (χ1v) is 10.0. The summed E-state index contributed by atoms with van der Waals surface area (Å²) in [6.45, 7) is 8.92. The number of hydrogen-bond donors (Lipinski definition) is 2. The van der Waals surface area contributed by atoms with Crippen LogP contribution in [-0.2, 0) is 27.4 Å². The predicted molar refractivity (Wildman–Crippen MR) is 130 cm³/mol. The molecule has 0 aromatic heterocycles. The lowest BCUT2D eigenvalue weighted by Gasteiger charge is -2.18. The van der Waals surface area contributed by atoms with Gasteiger partial charge in [0.15, 0.2) is 5.96 Å². The standard InChI is InChI=1S/C21H38N4O3.HI/c1-5-27-14-15-28-18-20-9-6-8-19(16-20)17-24-21(22-2)23-10-12-25(3)11-7-13-26-4;/h6,8-9,16H,5,7,10-15,17-18H2,1-4H3,(H2,22,23,24);1H. The highest BCUT2D eigenvalue weighted by molar-refractivity contribution is 14.0. The topological polar surface area (TPSA) is 67.4 Å². The Morgan fingerprint density at radius 3 is 2.55 bits per heavy atom. The van der Waals surface area contributed by atoms with Crippen LogP contribution in [0.1, 0.15) is 24.5 Å². The van der Waals surface area contributed by atoms with E-state index in [1.165, 1.54) is 5.56 Å². The average molecular weight is 522 g/mol. The second-order valence-electron chi connectivity index (χ2n) is 6.57. The van der Waals surface area contributed by atoms with E-state index in [0.29, 0.717) is 19.8 Å². The molecule has 1 aromatic rings. The summed E-state index contributed by atoms with van der Waals surface area (Å²) < 4.78 is 16.0. The molecule has 0 heterocycles. The van der Waals surface area contributed by atoms with Gasteiger partial charge in [-0.3, -0.25) is 4.99 Å². The van der Waals surface area contributed by atoms with Crippen molar-refractivity contribution in [3.63, 3.8) is 0 Å². The molecular weight excluding hydrogens is 483 g/mol. The number of nitrogens with zero attached hydrogens (tertiary/aromatic N) is 2. The molecule has 0 unspecified atom stereocenters. The van der Waals surface area contributed by atoms with Crippen molar-refractivity contribution >= 4 is 29.9 Å². The van der Waals surface area contributed by atoms with E-state index in [1.54, 1.807) is 14.2 Å². The van der Waals surface area contributed by atoms with Gasteiger partial charge in [0.05, 0.1) is 19.8 Å². The summed E-state index contributed by atoms with van der Waals surface area (Å²) in [4.78, 5) is 6.58. The summed E-state index contributed by atoms with van der Waals surface area (Å²) in [5.41, 5.74) is 2.36. The minimum atomic E-state index is 0. The second kappa shape index (κ2) is 19.0. The molecule has 8 heteroatoms. The van der Waals surface area contributed by atoms with Crippen LogP contribution in [0.5, 0.6) is 0 Å². The maximum Gasteiger partial charge on any atom is 0.191 e. The smallest absolute Gasteiger partial charge is 0.191 e. The van der Waals surface area contributed by atoms with Gasteiger partial charge in [0.25, 0.3) is 0 Å². The van der Waals surface area contributed by atoms with E-state index in [2.05, 4.69) is 51.8 Å². The Balaban J connectivity index is 0.00000784. The zero-order chi connectivity index (χ0) is 20.5. The molecule has 0 spiro atoms. The Kier molecular flexibility index (Phi) is 18.4. The fourth-order valence-corrected chi connectivity index (χ4v) is 2.64. The molecule has 29 heavy (non-hydrogen) atoms. The lowest BCUT2D eigenvalue weighted by Crippen LogP contribution is -2.40. The van der Waals surface area contributed by atoms with Crippen LogP contribution in [0.15, 0.2) is 29.3 Å². The minimum absolute atomic E-state index is 0. The second-order valence-corrected chi connectivity index (χ2v) is 6.57. The van der Waals surface area contributed by atoms with Gasteiger partial charge in [0, 0.05) is 53.6 Å². The third-order valence-electron chi connectivity index (χ3n) is 4.19. The van der Waals surface area contributed by atoms with Crippen molar-refractivity contribution in [1.29, 1.82) is 0 Å². The molecule has 1 rings (SSSR count). The van der Waals surface area contributed by atoms with Gasteiger partial charge in [-0.2, -0.15) is 0 Å². The SMILES string of the molecule is CCOCCOCc1cccc(CNC(=NC)NCCN(C)CCCOC)c1.I. The summed E-state index contributed by atoms with van der Waals surface area (Å²) >= 11 is 0. The third-order valence-corrected chi connectivity index (χ3v) is 4.19. The number of nitrogens with one attached hydrogen (secondary N) is 2. The van der Waals surface area contributed by atoms with E-state index in [0.717, 1.165) is 57.3 Å². The molecule has 2 N–H and O–H groups in total. The fourth-order valence-electron chi connectivity index (χ4n) is 2.64. The quantitative estimate of drug-likeness (QED) is 0.160. The highest BCUT2D eigenvalue weighted by atomic mass is 127.